The first-order valence-corrected chi connectivity index (χ1v) is 9.63. The molecule has 1 aliphatic heterocycles. The number of fused-ring (bicyclic) bond motifs is 4. The van der Waals surface area contributed by atoms with Gasteiger partial charge in [0.05, 0.1) is 34.2 Å². The average Bonchev–Trinajstić information content (AvgIpc) is 3.36. The quantitative estimate of drug-likeness (QED) is 0.525. The summed E-state index contributed by atoms with van der Waals surface area (Å²) in [7, 11) is 3.53. The summed E-state index contributed by atoms with van der Waals surface area (Å²) < 4.78 is 7.38. The molecule has 1 amide bonds. The lowest BCUT2D eigenvalue weighted by atomic mass is 10.0. The molecule has 0 radical (unpaired) electrons. The van der Waals surface area contributed by atoms with Gasteiger partial charge in [0.1, 0.15) is 18.2 Å². The number of benzene rings is 2. The molecule has 1 aliphatic rings. The summed E-state index contributed by atoms with van der Waals surface area (Å²) in [6.07, 6.45) is 1.66. The number of likely N-dealkylation sites (N-methyl/N-ethyl adjacent to an activating group) is 1. The molecule has 0 saturated heterocycles. The maximum atomic E-state index is 13.3. The maximum Gasteiger partial charge on any atom is 0.335 e. The molecule has 156 valence electrons. The van der Waals surface area contributed by atoms with Crippen molar-refractivity contribution in [3.63, 3.8) is 0 Å². The van der Waals surface area contributed by atoms with Gasteiger partial charge in [-0.15, -0.1) is 0 Å². The van der Waals surface area contributed by atoms with Crippen LogP contribution in [-0.4, -0.2) is 50.3 Å². The number of carbonyl (C=O) groups is 2. The summed E-state index contributed by atoms with van der Waals surface area (Å²) in [5.74, 6) is -0.324. The molecule has 0 bridgehead atoms. The van der Waals surface area contributed by atoms with Crippen LogP contribution in [0.4, 0.5) is 5.82 Å². The van der Waals surface area contributed by atoms with Gasteiger partial charge in [-0.3, -0.25) is 9.48 Å². The predicted molar refractivity (Wildman–Crippen MR) is 114 cm³/mol. The van der Waals surface area contributed by atoms with E-state index in [1.807, 2.05) is 7.05 Å². The highest BCUT2D eigenvalue weighted by Crippen LogP contribution is 2.37. The highest BCUT2D eigenvalue weighted by atomic mass is 16.5. The van der Waals surface area contributed by atoms with Crippen LogP contribution in [0.2, 0.25) is 0 Å². The predicted octanol–water partition coefficient (Wildman–Crippen LogP) is 2.61. The van der Waals surface area contributed by atoms with E-state index in [2.05, 4.69) is 10.1 Å². The van der Waals surface area contributed by atoms with Gasteiger partial charge in [-0.2, -0.15) is 5.10 Å². The number of nitrogens with zero attached hydrogens (tertiary/aromatic N) is 4. The standard InChI is InChI=1S/C22H19N5O4/c1-26(17-10-31-18-8-12(22(29)30)3-5-13(17)18)21(28)11-4-6-16-14(7-11)19-15(20(23)25-16)9-24-27(19)2/h3-9,17H,10H2,1-2H3,(H2,23,25)(H,29,30). The fourth-order valence-corrected chi connectivity index (χ4v) is 4.08. The number of anilines is 1. The number of nitrogens with two attached hydrogens (primary N) is 1. The monoisotopic (exact) mass is 417 g/mol. The zero-order valence-electron chi connectivity index (χ0n) is 16.9. The number of carbonyl (C=O) groups excluding carboxylic acids is 1. The van der Waals surface area contributed by atoms with E-state index in [9.17, 15) is 14.7 Å². The number of nitrogen functional groups attached to an aromatic ring is 1. The number of rotatable bonds is 3. The Labute approximate surface area is 176 Å². The lowest BCUT2D eigenvalue weighted by molar-refractivity contribution is 0.0693. The van der Waals surface area contributed by atoms with Gasteiger partial charge >= 0.3 is 5.97 Å². The first kappa shape index (κ1) is 18.9. The normalized spacial score (nSPS) is 15.1. The molecular formula is C22H19N5O4. The fourth-order valence-electron chi connectivity index (χ4n) is 4.08. The molecule has 1 atom stereocenters. The third-order valence-electron chi connectivity index (χ3n) is 5.76. The van der Waals surface area contributed by atoms with Crippen LogP contribution in [0, 0.1) is 0 Å². The highest BCUT2D eigenvalue weighted by Gasteiger charge is 2.31. The Morgan fingerprint density at radius 1 is 1.19 bits per heavy atom. The minimum Gasteiger partial charge on any atom is -0.491 e. The molecule has 3 N–H and O–H groups in total. The summed E-state index contributed by atoms with van der Waals surface area (Å²) in [5, 5.41) is 15.0. The number of carboxylic acid groups (broad SMARTS) is 1. The summed E-state index contributed by atoms with van der Waals surface area (Å²) >= 11 is 0. The SMILES string of the molecule is CN(C(=O)c1ccc2nc(N)c3cnn(C)c3c2c1)C1COc2cc(C(=O)O)ccc21. The van der Waals surface area contributed by atoms with Gasteiger partial charge in [-0.25, -0.2) is 9.78 Å². The number of aromatic carboxylic acids is 1. The summed E-state index contributed by atoms with van der Waals surface area (Å²) in [6, 6.07) is 9.69. The van der Waals surface area contributed by atoms with Crippen LogP contribution in [-0.2, 0) is 7.05 Å². The Kier molecular flexibility index (Phi) is 4.07. The van der Waals surface area contributed by atoms with Crippen molar-refractivity contribution < 1.29 is 19.4 Å². The Morgan fingerprint density at radius 2 is 1.97 bits per heavy atom. The van der Waals surface area contributed by atoms with Crippen LogP contribution in [0.1, 0.15) is 32.3 Å². The van der Waals surface area contributed by atoms with Crippen LogP contribution in [0.15, 0.2) is 42.6 Å². The van der Waals surface area contributed by atoms with Gasteiger partial charge in [0, 0.05) is 30.6 Å². The lowest BCUT2D eigenvalue weighted by Gasteiger charge is -2.24. The van der Waals surface area contributed by atoms with E-state index < -0.39 is 5.97 Å². The molecule has 2 aromatic carbocycles. The van der Waals surface area contributed by atoms with Crippen LogP contribution in [0.3, 0.4) is 0 Å². The number of hydrogen-bond acceptors (Lipinski definition) is 6. The second-order valence-electron chi connectivity index (χ2n) is 7.56. The van der Waals surface area contributed by atoms with Crippen molar-refractivity contribution in [2.75, 3.05) is 19.4 Å². The second kappa shape index (κ2) is 6.69. The number of hydrogen-bond donors (Lipinski definition) is 2. The van der Waals surface area contributed by atoms with E-state index >= 15 is 0 Å². The minimum atomic E-state index is -1.02. The molecule has 0 saturated carbocycles. The van der Waals surface area contributed by atoms with E-state index in [1.165, 1.54) is 12.1 Å². The molecule has 3 heterocycles. The molecule has 9 heteroatoms. The highest BCUT2D eigenvalue weighted by molar-refractivity contribution is 6.10. The van der Waals surface area contributed by atoms with Crippen LogP contribution in [0.5, 0.6) is 5.75 Å². The van der Waals surface area contributed by atoms with Gasteiger partial charge < -0.3 is 20.5 Å². The van der Waals surface area contributed by atoms with Crippen molar-refractivity contribution in [2.45, 2.75) is 6.04 Å². The number of aryl methyl sites for hydroxylation is 1. The molecule has 4 aromatic rings. The zero-order valence-corrected chi connectivity index (χ0v) is 16.9. The molecule has 0 fully saturated rings. The number of carboxylic acids is 1. The Bertz CT molecular complexity index is 1390. The van der Waals surface area contributed by atoms with Gasteiger partial charge in [0.25, 0.3) is 5.91 Å². The molecule has 1 unspecified atom stereocenters. The molecular weight excluding hydrogens is 398 g/mol. The van der Waals surface area contributed by atoms with Crippen LogP contribution >= 0.6 is 0 Å². The van der Waals surface area contributed by atoms with Crippen molar-refractivity contribution in [2.24, 2.45) is 7.05 Å². The number of aromatic nitrogens is 3. The zero-order chi connectivity index (χ0) is 21.9. The molecule has 0 aliphatic carbocycles. The van der Waals surface area contributed by atoms with Gasteiger partial charge in [0.15, 0.2) is 0 Å². The van der Waals surface area contributed by atoms with Crippen molar-refractivity contribution in [3.05, 3.63) is 59.3 Å². The maximum absolute atomic E-state index is 13.3. The molecule has 31 heavy (non-hydrogen) atoms. The van der Waals surface area contributed by atoms with Gasteiger partial charge in [-0.1, -0.05) is 6.07 Å². The van der Waals surface area contributed by atoms with E-state index in [0.717, 1.165) is 21.9 Å². The Hall–Kier alpha value is -4.14. The first-order valence-electron chi connectivity index (χ1n) is 9.63. The number of pyridine rings is 1. The van der Waals surface area contributed by atoms with Gasteiger partial charge in [-0.05, 0) is 30.3 Å². The molecule has 0 spiro atoms. The van der Waals surface area contributed by atoms with E-state index in [-0.39, 0.29) is 24.1 Å². The van der Waals surface area contributed by atoms with E-state index in [4.69, 9.17) is 10.5 Å². The Morgan fingerprint density at radius 3 is 2.74 bits per heavy atom. The van der Waals surface area contributed by atoms with Crippen molar-refractivity contribution >= 4 is 39.5 Å². The fraction of sp³-hybridized carbons (Fsp3) is 0.182. The van der Waals surface area contributed by atoms with Crippen molar-refractivity contribution in [3.8, 4) is 5.75 Å². The lowest BCUT2D eigenvalue weighted by Crippen LogP contribution is -2.32. The number of ether oxygens (including phenoxy) is 1. The minimum absolute atomic E-state index is 0.148. The van der Waals surface area contributed by atoms with Crippen molar-refractivity contribution in [1.29, 1.82) is 0 Å². The van der Waals surface area contributed by atoms with Gasteiger partial charge in [0.2, 0.25) is 0 Å². The second-order valence-corrected chi connectivity index (χ2v) is 7.56. The molecule has 9 nitrogen and oxygen atoms in total. The third kappa shape index (κ3) is 2.85. The third-order valence-corrected chi connectivity index (χ3v) is 5.76. The molecule has 5 rings (SSSR count). The largest absolute Gasteiger partial charge is 0.491 e. The Balaban J connectivity index is 1.52. The van der Waals surface area contributed by atoms with Crippen LogP contribution < -0.4 is 10.5 Å². The summed E-state index contributed by atoms with van der Waals surface area (Å²) in [5.41, 5.74) is 8.98. The van der Waals surface area contributed by atoms with E-state index in [0.29, 0.717) is 22.6 Å². The first-order chi connectivity index (χ1) is 14.8. The smallest absolute Gasteiger partial charge is 0.335 e. The molecule has 2 aromatic heterocycles. The number of amides is 1. The van der Waals surface area contributed by atoms with Crippen molar-refractivity contribution in [1.82, 2.24) is 19.7 Å². The van der Waals surface area contributed by atoms with Crippen LogP contribution in [0.25, 0.3) is 21.8 Å². The summed E-state index contributed by atoms with van der Waals surface area (Å²) in [4.78, 5) is 30.5. The van der Waals surface area contributed by atoms with E-state index in [1.54, 1.807) is 47.1 Å². The topological polar surface area (TPSA) is 124 Å². The average molecular weight is 417 g/mol. The summed E-state index contributed by atoms with van der Waals surface area (Å²) in [6.45, 7) is 0.262.